The lowest BCUT2D eigenvalue weighted by atomic mass is 9.97. The maximum Gasteiger partial charge on any atom is 0.344 e. The third kappa shape index (κ3) is 5.62. The smallest absolute Gasteiger partial charge is 0.344 e. The van der Waals surface area contributed by atoms with Crippen LogP contribution in [0.25, 0.3) is 11.1 Å². The van der Waals surface area contributed by atoms with Crippen LogP contribution in [0.4, 0.5) is 0 Å². The van der Waals surface area contributed by atoms with Crippen LogP contribution in [0.3, 0.4) is 0 Å². The fourth-order valence-corrected chi connectivity index (χ4v) is 3.05. The molecule has 0 aliphatic rings. The third-order valence-electron chi connectivity index (χ3n) is 4.61. The lowest BCUT2D eigenvalue weighted by molar-refractivity contribution is -0.147. The summed E-state index contributed by atoms with van der Waals surface area (Å²) in [6, 6.07) is 16.9. The molecule has 2 aromatic carbocycles. The molecule has 154 valence electrons. The van der Waals surface area contributed by atoms with Crippen LogP contribution in [-0.4, -0.2) is 44.2 Å². The Labute approximate surface area is 172 Å². The van der Waals surface area contributed by atoms with E-state index >= 15 is 0 Å². The maximum absolute atomic E-state index is 12.4. The molecule has 0 aliphatic heterocycles. The number of aromatic nitrogens is 2. The Kier molecular flexibility index (Phi) is 6.71. The van der Waals surface area contributed by atoms with Crippen molar-refractivity contribution in [1.82, 2.24) is 15.3 Å². The molecule has 1 amide bonds. The van der Waals surface area contributed by atoms with Gasteiger partial charge in [0.25, 0.3) is 5.91 Å². The minimum atomic E-state index is -1.62. The molecule has 1 heterocycles. The van der Waals surface area contributed by atoms with E-state index in [4.69, 9.17) is 5.11 Å². The second-order valence-electron chi connectivity index (χ2n) is 6.83. The van der Waals surface area contributed by atoms with Gasteiger partial charge >= 0.3 is 11.7 Å². The van der Waals surface area contributed by atoms with E-state index in [9.17, 15) is 19.5 Å². The van der Waals surface area contributed by atoms with Gasteiger partial charge in [-0.15, -0.1) is 0 Å². The number of rotatable bonds is 8. The van der Waals surface area contributed by atoms with Gasteiger partial charge in [-0.05, 0) is 23.1 Å². The number of aliphatic hydroxyl groups is 1. The van der Waals surface area contributed by atoms with E-state index in [0.29, 0.717) is 6.42 Å². The summed E-state index contributed by atoms with van der Waals surface area (Å²) < 4.78 is 0. The molecule has 1 aromatic heterocycles. The number of benzene rings is 2. The molecule has 2 atom stereocenters. The Morgan fingerprint density at radius 2 is 1.70 bits per heavy atom. The van der Waals surface area contributed by atoms with Gasteiger partial charge in [-0.3, -0.25) is 4.79 Å². The van der Waals surface area contributed by atoms with Crippen LogP contribution in [-0.2, 0) is 11.2 Å². The molecular weight excluding hydrogens is 386 g/mol. The number of nitrogens with one attached hydrogen (secondary N) is 2. The molecule has 0 saturated heterocycles. The van der Waals surface area contributed by atoms with Crippen molar-refractivity contribution in [3.63, 3.8) is 0 Å². The largest absolute Gasteiger partial charge is 0.479 e. The van der Waals surface area contributed by atoms with Crippen molar-refractivity contribution in [3.8, 4) is 11.1 Å². The zero-order chi connectivity index (χ0) is 21.5. The average Bonchev–Trinajstić information content (AvgIpc) is 2.75. The topological polar surface area (TPSA) is 132 Å². The second kappa shape index (κ2) is 9.62. The van der Waals surface area contributed by atoms with Crippen molar-refractivity contribution >= 4 is 11.9 Å². The zero-order valence-electron chi connectivity index (χ0n) is 16.0. The molecule has 30 heavy (non-hydrogen) atoms. The highest BCUT2D eigenvalue weighted by Crippen LogP contribution is 2.20. The number of carbonyl (C=O) groups is 2. The number of nitrogens with zero attached hydrogens (tertiary/aromatic N) is 1. The molecule has 0 bridgehead atoms. The van der Waals surface area contributed by atoms with Crippen molar-refractivity contribution in [2.45, 2.75) is 25.0 Å². The maximum atomic E-state index is 12.4. The number of H-pyrrole nitrogens is 1. The number of carboxylic acid groups (broad SMARTS) is 1. The predicted octanol–water partition coefficient (Wildman–Crippen LogP) is 1.61. The normalized spacial score (nSPS) is 12.7. The fourth-order valence-electron chi connectivity index (χ4n) is 3.05. The monoisotopic (exact) mass is 407 g/mol. The number of aromatic amines is 1. The van der Waals surface area contributed by atoms with E-state index in [1.807, 2.05) is 54.6 Å². The average molecular weight is 407 g/mol. The molecule has 0 fully saturated rings. The molecule has 0 aliphatic carbocycles. The molecule has 0 spiro atoms. The van der Waals surface area contributed by atoms with Gasteiger partial charge in [-0.1, -0.05) is 54.6 Å². The lowest BCUT2D eigenvalue weighted by Gasteiger charge is -2.20. The number of aliphatic hydroxyl groups excluding tert-OH is 1. The van der Waals surface area contributed by atoms with Gasteiger partial charge in [0.15, 0.2) is 6.10 Å². The van der Waals surface area contributed by atoms with Crippen LogP contribution in [0.15, 0.2) is 71.8 Å². The van der Waals surface area contributed by atoms with E-state index in [1.165, 1.54) is 6.20 Å². The highest BCUT2D eigenvalue weighted by atomic mass is 16.4. The first kappa shape index (κ1) is 20.9. The zero-order valence-corrected chi connectivity index (χ0v) is 16.0. The Hall–Kier alpha value is -3.78. The molecule has 4 N–H and O–H groups in total. The minimum Gasteiger partial charge on any atom is -0.479 e. The number of carboxylic acids is 1. The van der Waals surface area contributed by atoms with Gasteiger partial charge in [0.05, 0.1) is 5.56 Å². The third-order valence-corrected chi connectivity index (χ3v) is 4.61. The van der Waals surface area contributed by atoms with Gasteiger partial charge in [0.2, 0.25) is 0 Å². The summed E-state index contributed by atoms with van der Waals surface area (Å²) in [5, 5.41) is 21.5. The van der Waals surface area contributed by atoms with Crippen LogP contribution in [0, 0.1) is 0 Å². The first-order chi connectivity index (χ1) is 14.4. The van der Waals surface area contributed by atoms with Crippen molar-refractivity contribution in [1.29, 1.82) is 0 Å². The first-order valence-electron chi connectivity index (χ1n) is 9.33. The Balaban J connectivity index is 1.74. The van der Waals surface area contributed by atoms with Gasteiger partial charge in [0, 0.05) is 24.9 Å². The number of carbonyl (C=O) groups excluding carboxylic acids is 1. The highest BCUT2D eigenvalue weighted by molar-refractivity contribution is 5.93. The van der Waals surface area contributed by atoms with Crippen LogP contribution >= 0.6 is 0 Å². The van der Waals surface area contributed by atoms with Gasteiger partial charge < -0.3 is 20.5 Å². The summed E-state index contributed by atoms with van der Waals surface area (Å²) in [5.74, 6) is -1.89. The van der Waals surface area contributed by atoms with Crippen LogP contribution in [0.1, 0.15) is 22.3 Å². The number of amides is 1. The molecule has 3 aromatic rings. The molecule has 0 radical (unpaired) electrons. The SMILES string of the molecule is O=C(N[C@H](Cc1ccc(-c2ccccc2)cc1)C[C@@H](O)C(=O)O)c1cnc(=O)[nH]c1. The van der Waals surface area contributed by atoms with Crippen molar-refractivity contribution < 1.29 is 19.8 Å². The summed E-state index contributed by atoms with van der Waals surface area (Å²) in [5.41, 5.74) is 2.52. The van der Waals surface area contributed by atoms with Crippen LogP contribution in [0.5, 0.6) is 0 Å². The summed E-state index contributed by atoms with van der Waals surface area (Å²) in [7, 11) is 0. The second-order valence-corrected chi connectivity index (χ2v) is 6.83. The Bertz CT molecular complexity index is 1040. The lowest BCUT2D eigenvalue weighted by Crippen LogP contribution is -2.40. The van der Waals surface area contributed by atoms with Gasteiger partial charge in [-0.25, -0.2) is 14.6 Å². The minimum absolute atomic E-state index is 0.129. The van der Waals surface area contributed by atoms with E-state index in [1.54, 1.807) is 0 Å². The predicted molar refractivity (Wildman–Crippen MR) is 110 cm³/mol. The number of aliphatic carboxylic acids is 1. The molecule has 8 heteroatoms. The molecule has 0 saturated carbocycles. The van der Waals surface area contributed by atoms with Crippen LogP contribution < -0.4 is 11.0 Å². The van der Waals surface area contributed by atoms with E-state index < -0.39 is 29.7 Å². The summed E-state index contributed by atoms with van der Waals surface area (Å²) in [6.07, 6.45) is 0.894. The molecular formula is C22H21N3O5. The van der Waals surface area contributed by atoms with Crippen LogP contribution in [0.2, 0.25) is 0 Å². The summed E-state index contributed by atoms with van der Waals surface area (Å²) >= 11 is 0. The number of hydrogen-bond donors (Lipinski definition) is 4. The van der Waals surface area contributed by atoms with Gasteiger partial charge in [0.1, 0.15) is 0 Å². The fraction of sp³-hybridized carbons (Fsp3) is 0.182. The highest BCUT2D eigenvalue weighted by Gasteiger charge is 2.22. The quantitative estimate of drug-likeness (QED) is 0.449. The van der Waals surface area contributed by atoms with Gasteiger partial charge in [-0.2, -0.15) is 0 Å². The van der Waals surface area contributed by atoms with E-state index in [-0.39, 0.29) is 12.0 Å². The standard InChI is InChI=1S/C22H21N3O5/c26-19(21(28)29)11-18(25-20(27)17-12-23-22(30)24-13-17)10-14-6-8-16(9-7-14)15-4-2-1-3-5-15/h1-9,12-13,18-19,26H,10-11H2,(H,25,27)(H,28,29)(H,23,24,30)/t18-,19-/m1/s1. The van der Waals surface area contributed by atoms with Crippen molar-refractivity contribution in [3.05, 3.63) is 88.6 Å². The van der Waals surface area contributed by atoms with Crippen molar-refractivity contribution in [2.75, 3.05) is 0 Å². The van der Waals surface area contributed by atoms with E-state index in [2.05, 4.69) is 15.3 Å². The summed E-state index contributed by atoms with van der Waals surface area (Å²) in [4.78, 5) is 40.4. The summed E-state index contributed by atoms with van der Waals surface area (Å²) in [6.45, 7) is 0. The van der Waals surface area contributed by atoms with E-state index in [0.717, 1.165) is 22.9 Å². The number of hydrogen-bond acceptors (Lipinski definition) is 5. The molecule has 0 unspecified atom stereocenters. The Morgan fingerprint density at radius 1 is 1.03 bits per heavy atom. The molecule has 3 rings (SSSR count). The Morgan fingerprint density at radius 3 is 2.30 bits per heavy atom. The first-order valence-corrected chi connectivity index (χ1v) is 9.33. The molecule has 8 nitrogen and oxygen atoms in total. The van der Waals surface area contributed by atoms with Crippen molar-refractivity contribution in [2.24, 2.45) is 0 Å².